The number of nitrogens with zero attached hydrogens (tertiary/aromatic N) is 1. The molecule has 1 heterocycles. The summed E-state index contributed by atoms with van der Waals surface area (Å²) in [6.45, 7) is 0.451. The van der Waals surface area contributed by atoms with E-state index in [1.165, 1.54) is 16.7 Å². The predicted molar refractivity (Wildman–Crippen MR) is 87.7 cm³/mol. The Morgan fingerprint density at radius 2 is 2.09 bits per heavy atom. The number of ether oxygens (including phenoxy) is 1. The molecule has 0 radical (unpaired) electrons. The lowest BCUT2D eigenvalue weighted by Gasteiger charge is -2.15. The zero-order chi connectivity index (χ0) is 16.8. The van der Waals surface area contributed by atoms with Crippen LogP contribution in [0.25, 0.3) is 0 Å². The summed E-state index contributed by atoms with van der Waals surface area (Å²) in [4.78, 5) is 36.4. The third kappa shape index (κ3) is 4.62. The standard InChI is InChI=1S/C15H19N3O4S/c1-23-12-8-13(19)18(14(12)20)7-6-17-15(21)22-9-10-2-4-11(16)5-3-10/h2-5,12H,6-9,16H2,1H3,(H,17,21). The van der Waals surface area contributed by atoms with Crippen molar-refractivity contribution in [2.45, 2.75) is 18.3 Å². The van der Waals surface area contributed by atoms with E-state index in [2.05, 4.69) is 5.32 Å². The average Bonchev–Trinajstić information content (AvgIpc) is 2.81. The van der Waals surface area contributed by atoms with Crippen molar-refractivity contribution in [3.8, 4) is 0 Å². The molecule has 1 fully saturated rings. The molecule has 0 aliphatic carbocycles. The van der Waals surface area contributed by atoms with Crippen LogP contribution in [0.2, 0.25) is 0 Å². The van der Waals surface area contributed by atoms with Crippen molar-refractivity contribution in [3.05, 3.63) is 29.8 Å². The first-order valence-electron chi connectivity index (χ1n) is 7.13. The SMILES string of the molecule is CSC1CC(=O)N(CCNC(=O)OCc2ccc(N)cc2)C1=O. The summed E-state index contributed by atoms with van der Waals surface area (Å²) < 4.78 is 5.05. The van der Waals surface area contributed by atoms with Crippen LogP contribution in [0.4, 0.5) is 10.5 Å². The highest BCUT2D eigenvalue weighted by molar-refractivity contribution is 8.00. The average molecular weight is 337 g/mol. The molecule has 1 saturated heterocycles. The highest BCUT2D eigenvalue weighted by atomic mass is 32.2. The summed E-state index contributed by atoms with van der Waals surface area (Å²) in [6, 6.07) is 6.99. The Morgan fingerprint density at radius 3 is 2.70 bits per heavy atom. The smallest absolute Gasteiger partial charge is 0.407 e. The number of benzene rings is 1. The monoisotopic (exact) mass is 337 g/mol. The number of thioether (sulfide) groups is 1. The molecule has 3 N–H and O–H groups in total. The van der Waals surface area contributed by atoms with Crippen LogP contribution in [0.1, 0.15) is 12.0 Å². The van der Waals surface area contributed by atoms with Gasteiger partial charge in [0.25, 0.3) is 0 Å². The summed E-state index contributed by atoms with van der Waals surface area (Å²) in [6.07, 6.45) is 1.43. The Kier molecular flexibility index (Phi) is 5.86. The molecule has 0 spiro atoms. The zero-order valence-electron chi connectivity index (χ0n) is 12.8. The van der Waals surface area contributed by atoms with Crippen LogP contribution in [0.3, 0.4) is 0 Å². The highest BCUT2D eigenvalue weighted by Gasteiger charge is 2.37. The van der Waals surface area contributed by atoms with E-state index in [1.54, 1.807) is 30.5 Å². The third-order valence-corrected chi connectivity index (χ3v) is 4.38. The normalized spacial score (nSPS) is 17.4. The Morgan fingerprint density at radius 1 is 1.39 bits per heavy atom. The molecule has 3 amide bonds. The molecule has 1 unspecified atom stereocenters. The van der Waals surface area contributed by atoms with Gasteiger partial charge < -0.3 is 15.8 Å². The minimum atomic E-state index is -0.595. The van der Waals surface area contributed by atoms with Gasteiger partial charge in [0, 0.05) is 25.2 Å². The van der Waals surface area contributed by atoms with Gasteiger partial charge in [-0.1, -0.05) is 12.1 Å². The van der Waals surface area contributed by atoms with Crippen LogP contribution in [0.5, 0.6) is 0 Å². The Bertz CT molecular complexity index is 591. The molecule has 124 valence electrons. The number of nitrogen functional groups attached to an aromatic ring is 1. The lowest BCUT2D eigenvalue weighted by molar-refractivity contribution is -0.138. The number of nitrogens with one attached hydrogen (secondary N) is 1. The quantitative estimate of drug-likeness (QED) is 0.593. The van der Waals surface area contributed by atoms with E-state index in [9.17, 15) is 14.4 Å². The maximum atomic E-state index is 11.9. The van der Waals surface area contributed by atoms with Gasteiger partial charge in [-0.2, -0.15) is 11.8 Å². The van der Waals surface area contributed by atoms with Crippen LogP contribution < -0.4 is 11.1 Å². The number of likely N-dealkylation sites (tertiary alicyclic amines) is 1. The lowest BCUT2D eigenvalue weighted by Crippen LogP contribution is -2.39. The number of anilines is 1. The van der Waals surface area contributed by atoms with E-state index in [-0.39, 0.29) is 43.2 Å². The number of carbonyl (C=O) groups is 3. The van der Waals surface area contributed by atoms with Crippen molar-refractivity contribution in [2.24, 2.45) is 0 Å². The second kappa shape index (κ2) is 7.87. The van der Waals surface area contributed by atoms with Gasteiger partial charge in [-0.3, -0.25) is 14.5 Å². The first-order chi connectivity index (χ1) is 11.0. The molecule has 0 aromatic heterocycles. The fourth-order valence-electron chi connectivity index (χ4n) is 2.16. The van der Waals surface area contributed by atoms with Crippen LogP contribution >= 0.6 is 11.8 Å². The molecule has 8 heteroatoms. The topological polar surface area (TPSA) is 102 Å². The minimum Gasteiger partial charge on any atom is -0.445 e. The molecule has 23 heavy (non-hydrogen) atoms. The zero-order valence-corrected chi connectivity index (χ0v) is 13.6. The van der Waals surface area contributed by atoms with E-state index in [1.807, 2.05) is 0 Å². The molecule has 1 aromatic carbocycles. The highest BCUT2D eigenvalue weighted by Crippen LogP contribution is 2.22. The maximum Gasteiger partial charge on any atom is 0.407 e. The van der Waals surface area contributed by atoms with Crippen LogP contribution in [0, 0.1) is 0 Å². The van der Waals surface area contributed by atoms with E-state index < -0.39 is 6.09 Å². The van der Waals surface area contributed by atoms with Crippen molar-refractivity contribution in [2.75, 3.05) is 25.1 Å². The van der Waals surface area contributed by atoms with Gasteiger partial charge in [-0.05, 0) is 24.0 Å². The fraction of sp³-hybridized carbons (Fsp3) is 0.400. The Hall–Kier alpha value is -2.22. The molecular formula is C15H19N3O4S. The number of amides is 3. The number of nitrogens with two attached hydrogens (primary N) is 1. The van der Waals surface area contributed by atoms with Gasteiger partial charge in [-0.25, -0.2) is 4.79 Å². The first-order valence-corrected chi connectivity index (χ1v) is 8.42. The fourth-order valence-corrected chi connectivity index (χ4v) is 2.79. The number of rotatable bonds is 6. The van der Waals surface area contributed by atoms with Gasteiger partial charge in [0.2, 0.25) is 11.8 Å². The summed E-state index contributed by atoms with van der Waals surface area (Å²) in [5.74, 6) is -0.397. The summed E-state index contributed by atoms with van der Waals surface area (Å²) in [5, 5.41) is 2.22. The van der Waals surface area contributed by atoms with E-state index in [4.69, 9.17) is 10.5 Å². The molecular weight excluding hydrogens is 318 g/mol. The maximum absolute atomic E-state index is 11.9. The second-order valence-corrected chi connectivity index (χ2v) is 6.10. The van der Waals surface area contributed by atoms with Crippen LogP contribution in [-0.4, -0.2) is 47.4 Å². The number of imide groups is 1. The van der Waals surface area contributed by atoms with Crippen LogP contribution in [-0.2, 0) is 20.9 Å². The Labute approximate surface area is 138 Å². The van der Waals surface area contributed by atoms with Gasteiger partial charge in [0.1, 0.15) is 6.61 Å². The van der Waals surface area contributed by atoms with Gasteiger partial charge >= 0.3 is 6.09 Å². The molecule has 0 bridgehead atoms. The minimum absolute atomic E-state index is 0.127. The molecule has 2 rings (SSSR count). The van der Waals surface area contributed by atoms with E-state index >= 15 is 0 Å². The summed E-state index contributed by atoms with van der Waals surface area (Å²) in [5.41, 5.74) is 7.03. The van der Waals surface area contributed by atoms with Gasteiger partial charge in [0.15, 0.2) is 0 Å². The number of hydrogen-bond donors (Lipinski definition) is 2. The molecule has 1 aliphatic rings. The van der Waals surface area contributed by atoms with Crippen molar-refractivity contribution >= 4 is 35.4 Å². The summed E-state index contributed by atoms with van der Waals surface area (Å²) >= 11 is 1.36. The number of carbonyl (C=O) groups excluding carboxylic acids is 3. The van der Waals surface area contributed by atoms with Gasteiger partial charge in [-0.15, -0.1) is 0 Å². The van der Waals surface area contributed by atoms with E-state index in [0.717, 1.165) is 5.56 Å². The first kappa shape index (κ1) is 17.1. The number of alkyl carbamates (subject to hydrolysis) is 1. The molecule has 1 aromatic rings. The van der Waals surface area contributed by atoms with Crippen LogP contribution in [0.15, 0.2) is 24.3 Å². The lowest BCUT2D eigenvalue weighted by atomic mass is 10.2. The molecule has 1 aliphatic heterocycles. The second-order valence-electron chi connectivity index (χ2n) is 5.06. The van der Waals surface area contributed by atoms with Gasteiger partial charge in [0.05, 0.1) is 5.25 Å². The van der Waals surface area contributed by atoms with Crippen molar-refractivity contribution in [3.63, 3.8) is 0 Å². The Balaban J connectivity index is 1.69. The van der Waals surface area contributed by atoms with Crippen molar-refractivity contribution in [1.82, 2.24) is 10.2 Å². The third-order valence-electron chi connectivity index (χ3n) is 3.44. The van der Waals surface area contributed by atoms with E-state index in [0.29, 0.717) is 5.69 Å². The predicted octanol–water partition coefficient (Wildman–Crippen LogP) is 0.986. The summed E-state index contributed by atoms with van der Waals surface area (Å²) in [7, 11) is 0. The van der Waals surface area contributed by atoms with Crippen molar-refractivity contribution < 1.29 is 19.1 Å². The largest absolute Gasteiger partial charge is 0.445 e. The molecule has 0 saturated carbocycles. The van der Waals surface area contributed by atoms with Crippen molar-refractivity contribution in [1.29, 1.82) is 0 Å². The molecule has 1 atom stereocenters. The molecule has 7 nitrogen and oxygen atoms in total. The number of hydrogen-bond acceptors (Lipinski definition) is 6.